The summed E-state index contributed by atoms with van der Waals surface area (Å²) in [5, 5.41) is 3.32. The number of ether oxygens (including phenoxy) is 2. The van der Waals surface area contributed by atoms with Gasteiger partial charge in [-0.15, -0.1) is 0 Å². The van der Waals surface area contributed by atoms with Crippen LogP contribution < -0.4 is 10.1 Å². The molecule has 0 bridgehead atoms. The maximum absolute atomic E-state index is 11.8. The van der Waals surface area contributed by atoms with Gasteiger partial charge in [0.25, 0.3) is 5.91 Å². The number of likely N-dealkylation sites (N-methyl/N-ethyl adjacent to an activating group) is 1. The highest BCUT2D eigenvalue weighted by Gasteiger charge is 2.23. The van der Waals surface area contributed by atoms with Gasteiger partial charge >= 0.3 is 5.97 Å². The van der Waals surface area contributed by atoms with Gasteiger partial charge in [0, 0.05) is 11.6 Å². The van der Waals surface area contributed by atoms with Crippen LogP contribution in [0.15, 0.2) is 18.2 Å². The lowest BCUT2D eigenvalue weighted by atomic mass is 10.3. The normalized spacial score (nSPS) is 13.2. The number of nitrogens with one attached hydrogen (secondary N) is 1. The summed E-state index contributed by atoms with van der Waals surface area (Å²) >= 11 is 11.7. The van der Waals surface area contributed by atoms with Crippen LogP contribution in [0.5, 0.6) is 5.75 Å². The number of benzene rings is 1. The molecule has 0 fully saturated rings. The summed E-state index contributed by atoms with van der Waals surface area (Å²) in [6, 6.07) is 4.66. The zero-order valence-corrected chi connectivity index (χ0v) is 13.5. The van der Waals surface area contributed by atoms with Crippen LogP contribution in [0.2, 0.25) is 10.0 Å². The van der Waals surface area contributed by atoms with E-state index in [9.17, 15) is 9.59 Å². The first-order valence-corrected chi connectivity index (χ1v) is 7.20. The van der Waals surface area contributed by atoms with Crippen LogP contribution in [0.3, 0.4) is 0 Å². The van der Waals surface area contributed by atoms with E-state index >= 15 is 0 Å². The van der Waals surface area contributed by atoms with Gasteiger partial charge in [0.1, 0.15) is 5.75 Å². The number of hydrogen-bond acceptors (Lipinski definition) is 4. The largest absolute Gasteiger partial charge is 0.477 e. The van der Waals surface area contributed by atoms with Crippen molar-refractivity contribution in [1.29, 1.82) is 0 Å². The van der Waals surface area contributed by atoms with E-state index in [1.165, 1.54) is 19.9 Å². The fourth-order valence-electron chi connectivity index (χ4n) is 1.45. The Morgan fingerprint density at radius 1 is 1.24 bits per heavy atom. The number of hydrogen-bond donors (Lipinski definition) is 1. The van der Waals surface area contributed by atoms with E-state index in [0.717, 1.165) is 0 Å². The first-order valence-electron chi connectivity index (χ1n) is 6.45. The van der Waals surface area contributed by atoms with E-state index in [4.69, 9.17) is 32.7 Å². The van der Waals surface area contributed by atoms with Gasteiger partial charge in [0.2, 0.25) is 0 Å². The van der Waals surface area contributed by atoms with Crippen LogP contribution in [0, 0.1) is 0 Å². The fourth-order valence-corrected chi connectivity index (χ4v) is 1.90. The van der Waals surface area contributed by atoms with Crippen LogP contribution >= 0.6 is 23.2 Å². The molecular weight excluding hydrogens is 317 g/mol. The summed E-state index contributed by atoms with van der Waals surface area (Å²) in [6.45, 7) is 5.25. The molecule has 0 spiro atoms. The van der Waals surface area contributed by atoms with Gasteiger partial charge in [-0.3, -0.25) is 4.79 Å². The van der Waals surface area contributed by atoms with Gasteiger partial charge in [-0.25, -0.2) is 4.79 Å². The van der Waals surface area contributed by atoms with Crippen molar-refractivity contribution in [3.63, 3.8) is 0 Å². The van der Waals surface area contributed by atoms with Gasteiger partial charge < -0.3 is 14.8 Å². The molecule has 0 aliphatic carbocycles. The van der Waals surface area contributed by atoms with Crippen molar-refractivity contribution >= 4 is 35.1 Å². The molecular formula is C14H17Cl2NO4. The third kappa shape index (κ3) is 5.44. The molecule has 1 rings (SSSR count). The molecule has 0 aliphatic rings. The van der Waals surface area contributed by atoms with E-state index in [-0.39, 0.29) is 5.91 Å². The molecule has 0 unspecified atom stereocenters. The summed E-state index contributed by atoms with van der Waals surface area (Å²) < 4.78 is 10.4. The molecule has 116 valence electrons. The Bertz CT molecular complexity index is 522. The first-order chi connectivity index (χ1) is 9.85. The second-order valence-corrected chi connectivity index (χ2v) is 5.15. The summed E-state index contributed by atoms with van der Waals surface area (Å²) in [6.07, 6.45) is -1.79. The van der Waals surface area contributed by atoms with E-state index in [1.54, 1.807) is 19.1 Å². The Labute approximate surface area is 133 Å². The van der Waals surface area contributed by atoms with Crippen molar-refractivity contribution in [2.75, 3.05) is 6.54 Å². The third-order valence-electron chi connectivity index (χ3n) is 2.54. The minimum Gasteiger partial charge on any atom is -0.477 e. The Morgan fingerprint density at radius 2 is 1.90 bits per heavy atom. The molecule has 0 radical (unpaired) electrons. The number of carbonyl (C=O) groups is 2. The van der Waals surface area contributed by atoms with Gasteiger partial charge in [-0.05, 0) is 39.0 Å². The van der Waals surface area contributed by atoms with Crippen LogP contribution in [0.25, 0.3) is 0 Å². The average molecular weight is 334 g/mol. The highest BCUT2D eigenvalue weighted by Crippen LogP contribution is 2.28. The Kier molecular flexibility index (Phi) is 6.78. The third-order valence-corrected chi connectivity index (χ3v) is 3.07. The van der Waals surface area contributed by atoms with Crippen molar-refractivity contribution in [2.45, 2.75) is 33.0 Å². The number of rotatable bonds is 6. The minimum absolute atomic E-state index is 0.291. The van der Waals surface area contributed by atoms with E-state index < -0.39 is 18.2 Å². The molecule has 1 amide bonds. The second-order valence-electron chi connectivity index (χ2n) is 4.31. The summed E-state index contributed by atoms with van der Waals surface area (Å²) in [7, 11) is 0. The monoisotopic (exact) mass is 333 g/mol. The van der Waals surface area contributed by atoms with Crippen molar-refractivity contribution in [3.05, 3.63) is 28.2 Å². The zero-order valence-electron chi connectivity index (χ0n) is 12.0. The Hall–Kier alpha value is -1.46. The van der Waals surface area contributed by atoms with Gasteiger partial charge in [-0.1, -0.05) is 23.2 Å². The van der Waals surface area contributed by atoms with Crippen LogP contribution in [-0.4, -0.2) is 30.6 Å². The molecule has 21 heavy (non-hydrogen) atoms. The summed E-state index contributed by atoms with van der Waals surface area (Å²) in [4.78, 5) is 23.3. The smallest absolute Gasteiger partial charge is 0.347 e. The summed E-state index contributed by atoms with van der Waals surface area (Å²) in [5.41, 5.74) is 0. The highest BCUT2D eigenvalue weighted by molar-refractivity contribution is 6.35. The van der Waals surface area contributed by atoms with Crippen molar-refractivity contribution < 1.29 is 19.1 Å². The topological polar surface area (TPSA) is 64.6 Å². The van der Waals surface area contributed by atoms with Crippen molar-refractivity contribution in [2.24, 2.45) is 0 Å². The molecule has 0 saturated heterocycles. The molecule has 0 heterocycles. The Balaban J connectivity index is 2.60. The lowest BCUT2D eigenvalue weighted by molar-refractivity contribution is -0.160. The molecule has 0 saturated carbocycles. The zero-order chi connectivity index (χ0) is 16.0. The number of carbonyl (C=O) groups excluding carboxylic acids is 2. The molecule has 2 atom stereocenters. The molecule has 1 N–H and O–H groups in total. The first kappa shape index (κ1) is 17.6. The maximum atomic E-state index is 11.8. The van der Waals surface area contributed by atoms with Crippen molar-refractivity contribution in [1.82, 2.24) is 5.32 Å². The lowest BCUT2D eigenvalue weighted by Gasteiger charge is -2.18. The standard InChI is InChI=1S/C14H17Cl2NO4/c1-4-17-13(18)8(2)21-14(19)9(3)20-12-6-5-10(15)7-11(12)16/h5-9H,4H2,1-3H3,(H,17,18)/t8-,9+/m1/s1. The van der Waals surface area contributed by atoms with Crippen molar-refractivity contribution in [3.8, 4) is 5.75 Å². The molecule has 5 nitrogen and oxygen atoms in total. The molecule has 7 heteroatoms. The fraction of sp³-hybridized carbons (Fsp3) is 0.429. The quantitative estimate of drug-likeness (QED) is 0.813. The van der Waals surface area contributed by atoms with Crippen LogP contribution in [0.4, 0.5) is 0 Å². The maximum Gasteiger partial charge on any atom is 0.347 e. The highest BCUT2D eigenvalue weighted by atomic mass is 35.5. The minimum atomic E-state index is -0.902. The summed E-state index contributed by atoms with van der Waals surface area (Å²) in [5.74, 6) is -0.696. The number of halogens is 2. The second kappa shape index (κ2) is 8.10. The van der Waals surface area contributed by atoms with E-state index in [1.807, 2.05) is 0 Å². The predicted molar refractivity (Wildman–Crippen MR) is 80.8 cm³/mol. The Morgan fingerprint density at radius 3 is 2.48 bits per heavy atom. The molecule has 0 aliphatic heterocycles. The van der Waals surface area contributed by atoms with Gasteiger partial charge in [0.15, 0.2) is 12.2 Å². The van der Waals surface area contributed by atoms with Crippen LogP contribution in [-0.2, 0) is 14.3 Å². The van der Waals surface area contributed by atoms with E-state index in [2.05, 4.69) is 5.32 Å². The number of esters is 1. The van der Waals surface area contributed by atoms with Gasteiger partial charge in [-0.2, -0.15) is 0 Å². The van der Waals surface area contributed by atoms with E-state index in [0.29, 0.717) is 22.3 Å². The molecule has 1 aromatic rings. The van der Waals surface area contributed by atoms with Gasteiger partial charge in [0.05, 0.1) is 5.02 Å². The van der Waals surface area contributed by atoms with Crippen LogP contribution in [0.1, 0.15) is 20.8 Å². The SMILES string of the molecule is CCNC(=O)[C@@H](C)OC(=O)[C@H](C)Oc1ccc(Cl)cc1Cl. The predicted octanol–water partition coefficient (Wildman–Crippen LogP) is 2.83. The number of amides is 1. The molecule has 1 aromatic carbocycles. The lowest BCUT2D eigenvalue weighted by Crippen LogP contribution is -2.38. The molecule has 0 aromatic heterocycles. The average Bonchev–Trinajstić information content (AvgIpc) is 2.41.